The van der Waals surface area contributed by atoms with Crippen molar-refractivity contribution in [2.24, 2.45) is 0 Å². The minimum Gasteiger partial charge on any atom is -0.0911 e. The third-order valence-corrected chi connectivity index (χ3v) is 2.89. The Morgan fingerprint density at radius 1 is 0.833 bits per heavy atom. The molecule has 0 atom stereocenters. The second kappa shape index (κ2) is 6.80. The zero-order valence-electron chi connectivity index (χ0n) is 11.7. The molecule has 2 rings (SSSR count). The molecule has 0 heterocycles. The lowest BCUT2D eigenvalue weighted by molar-refractivity contribution is 1.13. The summed E-state index contributed by atoms with van der Waals surface area (Å²) in [5.41, 5.74) is 1.34. The molecule has 0 fully saturated rings. The average molecular weight is 238 g/mol. The Bertz CT molecular complexity index is 681. The Morgan fingerprint density at radius 2 is 1.44 bits per heavy atom. The molecule has 0 saturated heterocycles. The average Bonchev–Trinajstić information content (AvgIpc) is 2.43. The molecule has 2 aromatic carbocycles. The van der Waals surface area contributed by atoms with Crippen molar-refractivity contribution in [3.05, 3.63) is 68.9 Å². The Morgan fingerprint density at radius 3 is 2.06 bits per heavy atom. The van der Waals surface area contributed by atoms with E-state index in [4.69, 9.17) is 0 Å². The summed E-state index contributed by atoms with van der Waals surface area (Å²) in [6.07, 6.45) is 1.05. The second-order valence-electron chi connectivity index (χ2n) is 4.00. The maximum absolute atomic E-state index is 4.09. The fraction of sp³-hybridized carbons (Fsp3) is 0.222. The first-order valence-electron chi connectivity index (χ1n) is 6.58. The van der Waals surface area contributed by atoms with Crippen LogP contribution in [0, 0.1) is 10.4 Å². The molecular weight excluding hydrogens is 216 g/mol. The number of benzene rings is 2. The molecule has 0 N–H and O–H groups in total. The lowest BCUT2D eigenvalue weighted by Gasteiger charge is -1.97. The topological polar surface area (TPSA) is 0 Å². The molecule has 18 heavy (non-hydrogen) atoms. The highest BCUT2D eigenvalue weighted by Gasteiger charge is 1.91. The fourth-order valence-electron chi connectivity index (χ4n) is 1.88. The predicted molar refractivity (Wildman–Crippen MR) is 81.6 cm³/mol. The van der Waals surface area contributed by atoms with Crippen molar-refractivity contribution in [2.45, 2.75) is 27.2 Å². The molecule has 0 unspecified atom stereocenters. The molecule has 0 aromatic heterocycles. The lowest BCUT2D eigenvalue weighted by atomic mass is 10.1. The van der Waals surface area contributed by atoms with E-state index in [9.17, 15) is 0 Å². The monoisotopic (exact) mass is 238 g/mol. The van der Waals surface area contributed by atoms with E-state index in [2.05, 4.69) is 44.3 Å². The predicted octanol–water partition coefficient (Wildman–Crippen LogP) is 3.38. The molecule has 0 heteroatoms. The van der Waals surface area contributed by atoms with Gasteiger partial charge in [0.25, 0.3) is 0 Å². The van der Waals surface area contributed by atoms with Crippen molar-refractivity contribution in [2.75, 3.05) is 0 Å². The van der Waals surface area contributed by atoms with Gasteiger partial charge in [-0.2, -0.15) is 0 Å². The van der Waals surface area contributed by atoms with Crippen LogP contribution in [0.4, 0.5) is 0 Å². The van der Waals surface area contributed by atoms with Gasteiger partial charge in [0.05, 0.1) is 0 Å². The van der Waals surface area contributed by atoms with E-state index in [-0.39, 0.29) is 0 Å². The quantitative estimate of drug-likeness (QED) is 0.714. The van der Waals surface area contributed by atoms with Crippen molar-refractivity contribution in [1.29, 1.82) is 0 Å². The maximum Gasteiger partial charge on any atom is -0.0109 e. The van der Waals surface area contributed by atoms with Crippen molar-refractivity contribution in [1.82, 2.24) is 0 Å². The molecule has 0 aliphatic carbocycles. The fourth-order valence-corrected chi connectivity index (χ4v) is 1.88. The molecule has 0 aliphatic rings. The molecule has 0 nitrogen and oxygen atoms in total. The summed E-state index contributed by atoms with van der Waals surface area (Å²) in [5.74, 6) is 0. The van der Waals surface area contributed by atoms with Gasteiger partial charge in [-0.05, 0) is 32.9 Å². The van der Waals surface area contributed by atoms with Crippen LogP contribution in [-0.2, 0) is 6.42 Å². The van der Waals surface area contributed by atoms with Crippen LogP contribution in [0.3, 0.4) is 0 Å². The van der Waals surface area contributed by atoms with Crippen LogP contribution < -0.4 is 10.4 Å². The van der Waals surface area contributed by atoms with E-state index in [1.165, 1.54) is 16.0 Å². The summed E-state index contributed by atoms with van der Waals surface area (Å²) < 4.78 is 0. The summed E-state index contributed by atoms with van der Waals surface area (Å²) in [7, 11) is 0. The molecular formula is C18H22. The summed E-state index contributed by atoms with van der Waals surface area (Å²) in [4.78, 5) is 0. The van der Waals surface area contributed by atoms with Gasteiger partial charge < -0.3 is 0 Å². The van der Waals surface area contributed by atoms with E-state index < -0.39 is 0 Å². The van der Waals surface area contributed by atoms with Gasteiger partial charge in [0.1, 0.15) is 0 Å². The Kier molecular flexibility index (Phi) is 5.38. The van der Waals surface area contributed by atoms with Crippen molar-refractivity contribution < 1.29 is 0 Å². The first kappa shape index (κ1) is 14.2. The van der Waals surface area contributed by atoms with Crippen LogP contribution >= 0.6 is 0 Å². The second-order valence-corrected chi connectivity index (χ2v) is 4.00. The van der Waals surface area contributed by atoms with E-state index in [0.29, 0.717) is 0 Å². The molecule has 0 radical (unpaired) electrons. The van der Waals surface area contributed by atoms with Crippen molar-refractivity contribution in [3.8, 4) is 0 Å². The number of aryl methyl sites for hydroxylation is 1. The Balaban J connectivity index is 0.000000771. The molecule has 0 bridgehead atoms. The van der Waals surface area contributed by atoms with Gasteiger partial charge in [-0.1, -0.05) is 76.4 Å². The first-order chi connectivity index (χ1) is 8.72. The summed E-state index contributed by atoms with van der Waals surface area (Å²) >= 11 is 0. The maximum atomic E-state index is 4.09. The minimum absolute atomic E-state index is 1.05. The van der Waals surface area contributed by atoms with E-state index in [0.717, 1.165) is 16.9 Å². The van der Waals surface area contributed by atoms with Crippen LogP contribution in [0.25, 0.3) is 13.2 Å². The highest BCUT2D eigenvalue weighted by atomic mass is 14.0. The van der Waals surface area contributed by atoms with Gasteiger partial charge in [-0.25, -0.2) is 0 Å². The van der Waals surface area contributed by atoms with Gasteiger partial charge >= 0.3 is 0 Å². The molecule has 0 saturated carbocycles. The van der Waals surface area contributed by atoms with Crippen LogP contribution in [0.15, 0.2) is 42.5 Å². The van der Waals surface area contributed by atoms with Gasteiger partial charge in [-0.3, -0.25) is 0 Å². The zero-order valence-corrected chi connectivity index (χ0v) is 11.7. The van der Waals surface area contributed by atoms with Gasteiger partial charge in [0, 0.05) is 0 Å². The normalized spacial score (nSPS) is 11.5. The Hall–Kier alpha value is -1.82. The molecule has 0 spiro atoms. The van der Waals surface area contributed by atoms with E-state index in [1.807, 2.05) is 32.0 Å². The third-order valence-electron chi connectivity index (χ3n) is 2.89. The SMILES string of the molecule is C=c1cccc/c1=c1\cc(CC)ccc1=C.CC. The molecule has 0 amide bonds. The standard InChI is InChI=1S/C16H16.C2H6/c1-4-14-10-9-13(3)16(11-14)15-8-6-5-7-12(15)2;1-2/h5-11H,2-4H2,1H3;1-2H3/b16-15-;. The highest BCUT2D eigenvalue weighted by molar-refractivity contribution is 5.25. The lowest BCUT2D eigenvalue weighted by Crippen LogP contribution is -2.07. The minimum atomic E-state index is 1.05. The molecule has 0 aliphatic heterocycles. The number of hydrogen-bond acceptors (Lipinski definition) is 0. The summed E-state index contributed by atoms with van der Waals surface area (Å²) in [6.45, 7) is 14.3. The zero-order chi connectivity index (χ0) is 13.5. The van der Waals surface area contributed by atoms with Gasteiger partial charge in [0.15, 0.2) is 0 Å². The number of hydrogen-bond donors (Lipinski definition) is 0. The number of rotatable bonds is 1. The van der Waals surface area contributed by atoms with Gasteiger partial charge in [-0.15, -0.1) is 0 Å². The smallest absolute Gasteiger partial charge is 0.0109 e. The van der Waals surface area contributed by atoms with Crippen LogP contribution in [0.5, 0.6) is 0 Å². The van der Waals surface area contributed by atoms with Gasteiger partial charge in [0.2, 0.25) is 0 Å². The summed E-state index contributed by atoms with van der Waals surface area (Å²) in [5, 5.41) is 4.50. The molecule has 2 aromatic rings. The van der Waals surface area contributed by atoms with Crippen LogP contribution in [0.2, 0.25) is 0 Å². The summed E-state index contributed by atoms with van der Waals surface area (Å²) in [6, 6.07) is 14.6. The van der Waals surface area contributed by atoms with Crippen LogP contribution in [-0.4, -0.2) is 0 Å². The Labute approximate surface area is 110 Å². The highest BCUT2D eigenvalue weighted by Crippen LogP contribution is 1.98. The van der Waals surface area contributed by atoms with E-state index in [1.54, 1.807) is 0 Å². The largest absolute Gasteiger partial charge is 0.0911 e. The van der Waals surface area contributed by atoms with Crippen LogP contribution in [0.1, 0.15) is 26.3 Å². The molecule has 94 valence electrons. The van der Waals surface area contributed by atoms with Crippen molar-refractivity contribution >= 4 is 13.2 Å². The third kappa shape index (κ3) is 3.10. The first-order valence-corrected chi connectivity index (χ1v) is 6.58. The van der Waals surface area contributed by atoms with Crippen molar-refractivity contribution in [3.63, 3.8) is 0 Å². The van der Waals surface area contributed by atoms with E-state index >= 15 is 0 Å².